The molecule has 0 fully saturated rings. The molecule has 2 heterocycles. The van der Waals surface area contributed by atoms with E-state index in [0.29, 0.717) is 11.6 Å². The van der Waals surface area contributed by atoms with Gasteiger partial charge in [0.25, 0.3) is 0 Å². The Morgan fingerprint density at radius 2 is 0.492 bits per heavy atom. The molecule has 0 unspecified atom stereocenters. The van der Waals surface area contributed by atoms with Crippen LogP contribution < -0.4 is 0 Å². The van der Waals surface area contributed by atoms with Gasteiger partial charge >= 0.3 is 0 Å². The van der Waals surface area contributed by atoms with Crippen LogP contribution in [0.15, 0.2) is 431 Å². The fraction of sp³-hybridized carbons (Fsp3) is 0.0678. The lowest BCUT2D eigenvalue weighted by molar-refractivity contribution is 0.514. The van der Waals surface area contributed by atoms with Crippen molar-refractivity contribution in [2.24, 2.45) is 0 Å². The van der Waals surface area contributed by atoms with Crippen molar-refractivity contribution < 1.29 is 0 Å². The van der Waals surface area contributed by atoms with Crippen LogP contribution in [0, 0.1) is 0 Å². The highest BCUT2D eigenvalue weighted by atomic mass is 14.9. The summed E-state index contributed by atoms with van der Waals surface area (Å²) in [4.78, 5) is 21.5. The summed E-state index contributed by atoms with van der Waals surface area (Å²) in [5.41, 5.74) is 41.7. The molecule has 4 aliphatic carbocycles. The van der Waals surface area contributed by atoms with Crippen molar-refractivity contribution in [2.75, 3.05) is 0 Å². The number of hydrogen-bond acceptors (Lipinski definition) is 4. The molecule has 4 nitrogen and oxygen atoms in total. The zero-order valence-corrected chi connectivity index (χ0v) is 68.0. The van der Waals surface area contributed by atoms with Gasteiger partial charge in [0.05, 0.1) is 33.6 Å². The average Bonchev–Trinajstić information content (AvgIpc) is 1.47. The second kappa shape index (κ2) is 28.6. The van der Waals surface area contributed by atoms with Crippen LogP contribution in [0.3, 0.4) is 0 Å². The number of hydrogen-bond donors (Lipinski definition) is 0. The Morgan fingerprint density at radius 3 is 1.07 bits per heavy atom. The summed E-state index contributed by atoms with van der Waals surface area (Å²) < 4.78 is 0. The highest BCUT2D eigenvalue weighted by Gasteiger charge is 2.56. The van der Waals surface area contributed by atoms with Gasteiger partial charge in [-0.1, -0.05) is 421 Å². The first-order chi connectivity index (χ1) is 60.1. The molecule has 0 N–H and O–H groups in total. The van der Waals surface area contributed by atoms with Gasteiger partial charge in [-0.3, -0.25) is 0 Å². The summed E-state index contributed by atoms with van der Waals surface area (Å²) in [6.07, 6.45) is 0.783. The van der Waals surface area contributed by atoms with E-state index in [1.54, 1.807) is 0 Å². The predicted molar refractivity (Wildman–Crippen MR) is 501 cm³/mol. The largest absolute Gasteiger partial charge is 0.228 e. The van der Waals surface area contributed by atoms with E-state index in [-0.39, 0.29) is 5.41 Å². The van der Waals surface area contributed by atoms with Gasteiger partial charge in [-0.05, 0) is 187 Å². The van der Waals surface area contributed by atoms with Crippen LogP contribution in [-0.2, 0) is 28.1 Å². The number of nitrogens with zero attached hydrogens (tertiary/aromatic N) is 4. The van der Waals surface area contributed by atoms with E-state index in [9.17, 15) is 0 Å². The highest BCUT2D eigenvalue weighted by molar-refractivity contribution is 5.98. The monoisotopic (exact) mass is 1550 g/mol. The Hall–Kier alpha value is -15.1. The van der Waals surface area contributed by atoms with E-state index in [2.05, 4.69) is 451 Å². The number of rotatable bonds is 13. The van der Waals surface area contributed by atoms with Crippen molar-refractivity contribution in [3.8, 4) is 146 Å². The average molecular weight is 1560 g/mol. The van der Waals surface area contributed by atoms with Crippen molar-refractivity contribution in [2.45, 2.75) is 48.9 Å². The van der Waals surface area contributed by atoms with Crippen LogP contribution in [0.5, 0.6) is 0 Å². The Bertz CT molecular complexity index is 7270. The molecular weight excluding hydrogens is 1470 g/mol. The lowest BCUT2D eigenvalue weighted by atomic mass is 9.54. The van der Waals surface area contributed by atoms with E-state index in [0.717, 1.165) is 107 Å². The third kappa shape index (κ3) is 11.4. The second-order valence-corrected chi connectivity index (χ2v) is 34.0. The molecule has 0 atom stereocenters. The fourth-order valence-corrected chi connectivity index (χ4v) is 21.3. The van der Waals surface area contributed by atoms with Crippen LogP contribution in [0.2, 0.25) is 0 Å². The lowest BCUT2D eigenvalue weighted by Crippen LogP contribution is -2.43. The van der Waals surface area contributed by atoms with E-state index < -0.39 is 16.2 Å². The topological polar surface area (TPSA) is 51.6 Å². The third-order valence-corrected chi connectivity index (χ3v) is 27.0. The molecule has 0 amide bonds. The quantitative estimate of drug-likeness (QED) is 0.115. The molecular formula is C118H82N4. The van der Waals surface area contributed by atoms with Gasteiger partial charge < -0.3 is 0 Å². The number of aromatic nitrogens is 4. The molecule has 0 saturated heterocycles. The Labute approximate surface area is 712 Å². The maximum atomic E-state index is 5.52. The standard InChI is InChI=1S/C118H82N4/c1-115(2)99-46-17-21-50-103(99)117(104-51-22-18-47-100(104)115)96-44-15-13-41-93(96)95-72-89(67-68-98(95)117)88-38-26-39-90(70-88)111-74-110(83-61-55-79(56-62-83)77-30-7-4-8-31-77)119-113(122-111)85-65-57-80(58-66-85)86-36-25-29-76(69-86)75-116(3)101-48-19-23-52-105(101)118(106-53-24-20-49-102(106)116)97-45-16-14-42-94(97)112-92(43-28-54-107(112)118)81-59-63-84(64-60-81)109-73-108(82-34-11-6-12-35-82)120-114(121-109)91-40-27-37-87(71-91)78-32-9-5-10-33-78/h4-74H,75H2,1-3H3. The molecule has 574 valence electrons. The first-order valence-electron chi connectivity index (χ1n) is 42.5. The van der Waals surface area contributed by atoms with Gasteiger partial charge in [0, 0.05) is 44.2 Å². The Morgan fingerprint density at radius 1 is 0.180 bits per heavy atom. The Kier molecular flexibility index (Phi) is 16.9. The van der Waals surface area contributed by atoms with E-state index in [1.807, 2.05) is 0 Å². The SMILES string of the molecule is CC1(C)c2ccccc2C2(c3ccccc3-c3cc(-c4cccc(-c5cc(-c6ccc(-c7ccccc7)cc6)nc(-c6ccc(-c7cccc(CC8(C)c9ccccc9C9(c%10ccccc%10-c%10c(-c%11ccc(-c%12cc(-c%13ccccc%13)nc(-c%13cccc(-c%14ccccc%14)c%13)n%12)cc%11)cccc%109)c9ccccc98)c7)cc6)n5)c4)ccc32)c2ccccc21. The third-order valence-electron chi connectivity index (χ3n) is 27.0. The normalized spacial score (nSPS) is 14.8. The zero-order chi connectivity index (χ0) is 81.3. The van der Waals surface area contributed by atoms with Crippen LogP contribution in [0.1, 0.15) is 93.1 Å². The van der Waals surface area contributed by atoms with E-state index in [1.165, 1.54) is 106 Å². The zero-order valence-electron chi connectivity index (χ0n) is 68.0. The van der Waals surface area contributed by atoms with Gasteiger partial charge in [0.15, 0.2) is 11.6 Å². The van der Waals surface area contributed by atoms with Gasteiger partial charge in [-0.15, -0.1) is 0 Å². The molecule has 2 spiro atoms. The second-order valence-electron chi connectivity index (χ2n) is 34.0. The predicted octanol–water partition coefficient (Wildman–Crippen LogP) is 28.8. The van der Waals surface area contributed by atoms with Crippen molar-refractivity contribution in [1.82, 2.24) is 19.9 Å². The smallest absolute Gasteiger partial charge is 0.160 e. The summed E-state index contributed by atoms with van der Waals surface area (Å²) in [6, 6.07) is 159. The van der Waals surface area contributed by atoms with Crippen LogP contribution in [-0.4, -0.2) is 19.9 Å². The molecule has 0 saturated carbocycles. The molecule has 2 aromatic heterocycles. The Balaban J connectivity index is 0.571. The van der Waals surface area contributed by atoms with Crippen LogP contribution >= 0.6 is 0 Å². The minimum absolute atomic E-state index is 0.168. The van der Waals surface area contributed by atoms with Gasteiger partial charge in [0.2, 0.25) is 0 Å². The van der Waals surface area contributed by atoms with Crippen molar-refractivity contribution >= 4 is 0 Å². The van der Waals surface area contributed by atoms with Gasteiger partial charge in [-0.2, -0.15) is 0 Å². The summed E-state index contributed by atoms with van der Waals surface area (Å²) in [5, 5.41) is 0. The number of benzene rings is 17. The van der Waals surface area contributed by atoms with Gasteiger partial charge in [0.1, 0.15) is 0 Å². The molecule has 0 bridgehead atoms. The summed E-state index contributed by atoms with van der Waals surface area (Å²) in [5.74, 6) is 1.35. The number of fused-ring (bicyclic) bond motifs is 18. The maximum Gasteiger partial charge on any atom is 0.160 e. The summed E-state index contributed by atoms with van der Waals surface area (Å²) in [7, 11) is 0. The summed E-state index contributed by atoms with van der Waals surface area (Å²) >= 11 is 0. The minimum Gasteiger partial charge on any atom is -0.228 e. The molecule has 0 aliphatic heterocycles. The lowest BCUT2D eigenvalue weighted by Gasteiger charge is -2.48. The fourth-order valence-electron chi connectivity index (χ4n) is 21.3. The molecule has 0 radical (unpaired) electrons. The van der Waals surface area contributed by atoms with E-state index in [4.69, 9.17) is 19.9 Å². The summed E-state index contributed by atoms with van der Waals surface area (Å²) in [6.45, 7) is 7.26. The van der Waals surface area contributed by atoms with Crippen LogP contribution in [0.4, 0.5) is 0 Å². The molecule has 122 heavy (non-hydrogen) atoms. The van der Waals surface area contributed by atoms with Crippen LogP contribution in [0.25, 0.3) is 146 Å². The molecule has 4 aliphatic rings. The first-order valence-corrected chi connectivity index (χ1v) is 42.5. The maximum absolute atomic E-state index is 5.52. The van der Waals surface area contributed by atoms with E-state index >= 15 is 0 Å². The molecule has 4 heteroatoms. The van der Waals surface area contributed by atoms with Gasteiger partial charge in [-0.25, -0.2) is 19.9 Å². The molecule has 19 aromatic rings. The van der Waals surface area contributed by atoms with Crippen molar-refractivity contribution in [1.29, 1.82) is 0 Å². The molecule has 17 aromatic carbocycles. The molecule has 23 rings (SSSR count). The highest BCUT2D eigenvalue weighted by Crippen LogP contribution is 2.66. The minimum atomic E-state index is -0.598. The van der Waals surface area contributed by atoms with Crippen molar-refractivity contribution in [3.63, 3.8) is 0 Å². The first kappa shape index (κ1) is 72.2. The van der Waals surface area contributed by atoms with Crippen molar-refractivity contribution in [3.05, 3.63) is 503 Å².